The van der Waals surface area contributed by atoms with Crippen molar-refractivity contribution in [1.29, 1.82) is 0 Å². The number of hydrogen-bond donors (Lipinski definition) is 1. The second kappa shape index (κ2) is 8.55. The molecule has 1 N–H and O–H groups in total. The third-order valence-electron chi connectivity index (χ3n) is 4.54. The van der Waals surface area contributed by atoms with Gasteiger partial charge in [0.25, 0.3) is 0 Å². The van der Waals surface area contributed by atoms with Gasteiger partial charge in [0.1, 0.15) is 12.7 Å². The summed E-state index contributed by atoms with van der Waals surface area (Å²) in [6.07, 6.45) is 7.06. The van der Waals surface area contributed by atoms with Crippen molar-refractivity contribution in [2.24, 2.45) is 10.4 Å². The smallest absolute Gasteiger partial charge is 0.193 e. The highest BCUT2D eigenvalue weighted by atomic mass is 127. The minimum absolute atomic E-state index is 0. The first-order valence-corrected chi connectivity index (χ1v) is 7.51. The van der Waals surface area contributed by atoms with Crippen molar-refractivity contribution in [3.05, 3.63) is 12.7 Å². The van der Waals surface area contributed by atoms with Crippen LogP contribution in [0.15, 0.2) is 17.6 Å². The van der Waals surface area contributed by atoms with E-state index < -0.39 is 0 Å². The van der Waals surface area contributed by atoms with Gasteiger partial charge in [-0.25, -0.2) is 4.98 Å². The zero-order chi connectivity index (χ0) is 14.4. The summed E-state index contributed by atoms with van der Waals surface area (Å²) >= 11 is 0. The van der Waals surface area contributed by atoms with E-state index in [9.17, 15) is 0 Å². The van der Waals surface area contributed by atoms with Crippen molar-refractivity contribution in [2.45, 2.75) is 39.7 Å². The average molecular weight is 406 g/mol. The molecule has 1 saturated heterocycles. The number of aliphatic imine (C=N–C) groups is 1. The van der Waals surface area contributed by atoms with Crippen molar-refractivity contribution < 1.29 is 0 Å². The second-order valence-corrected chi connectivity index (χ2v) is 5.51. The third kappa shape index (κ3) is 4.55. The SMILES string of the molecule is CCC1(CC)CCN(C(=NC)NCCn2cncn2)C1.I. The van der Waals surface area contributed by atoms with E-state index in [1.807, 2.05) is 11.7 Å². The highest BCUT2D eigenvalue weighted by Gasteiger charge is 2.36. The number of guanidine groups is 1. The van der Waals surface area contributed by atoms with Gasteiger partial charge in [-0.1, -0.05) is 13.8 Å². The van der Waals surface area contributed by atoms with Crippen LogP contribution in [0.4, 0.5) is 0 Å². The Balaban J connectivity index is 0.00000220. The van der Waals surface area contributed by atoms with Crippen LogP contribution in [0, 0.1) is 5.41 Å². The Hall–Kier alpha value is -0.860. The summed E-state index contributed by atoms with van der Waals surface area (Å²) in [5.74, 6) is 1.01. The van der Waals surface area contributed by atoms with E-state index in [1.54, 1.807) is 12.7 Å². The molecule has 2 rings (SSSR count). The molecule has 1 aromatic rings. The van der Waals surface area contributed by atoms with Gasteiger partial charge in [-0.2, -0.15) is 5.10 Å². The highest BCUT2D eigenvalue weighted by molar-refractivity contribution is 14.0. The van der Waals surface area contributed by atoms with E-state index in [0.29, 0.717) is 5.41 Å². The summed E-state index contributed by atoms with van der Waals surface area (Å²) < 4.78 is 1.83. The molecule has 1 aromatic heterocycles. The molecular formula is C14H27IN6. The molecule has 6 nitrogen and oxygen atoms in total. The van der Waals surface area contributed by atoms with Gasteiger partial charge in [-0.05, 0) is 24.7 Å². The lowest BCUT2D eigenvalue weighted by atomic mass is 9.82. The average Bonchev–Trinajstić information content (AvgIpc) is 3.13. The van der Waals surface area contributed by atoms with E-state index in [2.05, 4.69) is 39.1 Å². The van der Waals surface area contributed by atoms with Crippen LogP contribution in [-0.2, 0) is 6.54 Å². The standard InChI is InChI=1S/C14H26N6.HI/c1-4-14(5-2)6-8-19(10-14)13(15-3)17-7-9-20-12-16-11-18-20;/h11-12H,4-10H2,1-3H3,(H,15,17);1H. The zero-order valence-electron chi connectivity index (χ0n) is 13.2. The Labute approximate surface area is 144 Å². The van der Waals surface area contributed by atoms with Gasteiger partial charge in [0, 0.05) is 26.7 Å². The molecule has 1 aliphatic rings. The fourth-order valence-corrected chi connectivity index (χ4v) is 2.91. The number of nitrogens with one attached hydrogen (secondary N) is 1. The molecule has 120 valence electrons. The molecule has 7 heteroatoms. The third-order valence-corrected chi connectivity index (χ3v) is 4.54. The van der Waals surface area contributed by atoms with E-state index in [0.717, 1.165) is 32.1 Å². The second-order valence-electron chi connectivity index (χ2n) is 5.51. The summed E-state index contributed by atoms with van der Waals surface area (Å²) in [6.45, 7) is 8.44. The predicted octanol–water partition coefficient (Wildman–Crippen LogP) is 1.98. The maximum absolute atomic E-state index is 4.41. The maximum atomic E-state index is 4.41. The number of hydrogen-bond acceptors (Lipinski definition) is 3. The fraction of sp³-hybridized carbons (Fsp3) is 0.786. The van der Waals surface area contributed by atoms with Gasteiger partial charge < -0.3 is 10.2 Å². The minimum Gasteiger partial charge on any atom is -0.354 e. The van der Waals surface area contributed by atoms with Gasteiger partial charge in [-0.15, -0.1) is 24.0 Å². The Kier molecular flexibility index (Phi) is 7.41. The van der Waals surface area contributed by atoms with Crippen LogP contribution in [0.2, 0.25) is 0 Å². The Morgan fingerprint density at radius 1 is 1.38 bits per heavy atom. The zero-order valence-corrected chi connectivity index (χ0v) is 15.6. The Morgan fingerprint density at radius 3 is 2.67 bits per heavy atom. The van der Waals surface area contributed by atoms with Crippen molar-refractivity contribution in [1.82, 2.24) is 25.0 Å². The van der Waals surface area contributed by atoms with E-state index >= 15 is 0 Å². The lowest BCUT2D eigenvalue weighted by molar-refractivity contribution is 0.276. The first kappa shape index (κ1) is 18.2. The number of aromatic nitrogens is 3. The molecule has 21 heavy (non-hydrogen) atoms. The molecule has 0 atom stereocenters. The summed E-state index contributed by atoms with van der Waals surface area (Å²) in [4.78, 5) is 10.7. The van der Waals surface area contributed by atoms with Gasteiger partial charge in [0.2, 0.25) is 0 Å². The van der Waals surface area contributed by atoms with Gasteiger partial charge in [0.15, 0.2) is 5.96 Å². The Bertz CT molecular complexity index is 427. The lowest BCUT2D eigenvalue weighted by Gasteiger charge is -2.27. The van der Waals surface area contributed by atoms with Gasteiger partial charge >= 0.3 is 0 Å². The molecule has 0 radical (unpaired) electrons. The predicted molar refractivity (Wildman–Crippen MR) is 96.0 cm³/mol. The first-order valence-electron chi connectivity index (χ1n) is 7.51. The first-order chi connectivity index (χ1) is 9.73. The molecule has 0 bridgehead atoms. The quantitative estimate of drug-likeness (QED) is 0.462. The van der Waals surface area contributed by atoms with E-state index in [-0.39, 0.29) is 24.0 Å². The van der Waals surface area contributed by atoms with Crippen molar-refractivity contribution in [3.8, 4) is 0 Å². The van der Waals surface area contributed by atoms with Gasteiger partial charge in [-0.3, -0.25) is 9.67 Å². The number of nitrogens with zero attached hydrogens (tertiary/aromatic N) is 5. The highest BCUT2D eigenvalue weighted by Crippen LogP contribution is 2.36. The van der Waals surface area contributed by atoms with Crippen molar-refractivity contribution in [3.63, 3.8) is 0 Å². The maximum Gasteiger partial charge on any atom is 0.193 e. The number of rotatable bonds is 5. The van der Waals surface area contributed by atoms with Crippen LogP contribution in [0.1, 0.15) is 33.1 Å². The van der Waals surface area contributed by atoms with Crippen molar-refractivity contribution in [2.75, 3.05) is 26.7 Å². The molecule has 1 fully saturated rings. The molecule has 2 heterocycles. The van der Waals surface area contributed by atoms with Crippen LogP contribution >= 0.6 is 24.0 Å². The van der Waals surface area contributed by atoms with Crippen LogP contribution in [-0.4, -0.2) is 52.3 Å². The molecule has 0 aromatic carbocycles. The Morgan fingerprint density at radius 2 is 2.14 bits per heavy atom. The van der Waals surface area contributed by atoms with Crippen LogP contribution in [0.3, 0.4) is 0 Å². The molecule has 0 unspecified atom stereocenters. The fourth-order valence-electron chi connectivity index (χ4n) is 2.91. The monoisotopic (exact) mass is 406 g/mol. The number of halogens is 1. The summed E-state index contributed by atoms with van der Waals surface area (Å²) in [5.41, 5.74) is 0.476. The van der Waals surface area contributed by atoms with Gasteiger partial charge in [0.05, 0.1) is 6.54 Å². The largest absolute Gasteiger partial charge is 0.354 e. The van der Waals surface area contributed by atoms with E-state index in [1.165, 1.54) is 19.3 Å². The molecular weight excluding hydrogens is 379 g/mol. The molecule has 0 amide bonds. The van der Waals surface area contributed by atoms with Crippen LogP contribution < -0.4 is 5.32 Å². The molecule has 0 spiro atoms. The topological polar surface area (TPSA) is 58.3 Å². The molecule has 0 aliphatic carbocycles. The summed E-state index contributed by atoms with van der Waals surface area (Å²) in [7, 11) is 1.86. The molecule has 1 aliphatic heterocycles. The lowest BCUT2D eigenvalue weighted by Crippen LogP contribution is -2.42. The van der Waals surface area contributed by atoms with Crippen molar-refractivity contribution >= 4 is 29.9 Å². The normalized spacial score (nSPS) is 17.7. The number of likely N-dealkylation sites (tertiary alicyclic amines) is 1. The molecule has 0 saturated carbocycles. The minimum atomic E-state index is 0. The summed E-state index contributed by atoms with van der Waals surface area (Å²) in [5, 5.41) is 7.52. The van der Waals surface area contributed by atoms with Crippen LogP contribution in [0.5, 0.6) is 0 Å². The van der Waals surface area contributed by atoms with E-state index in [4.69, 9.17) is 0 Å². The van der Waals surface area contributed by atoms with Crippen LogP contribution in [0.25, 0.3) is 0 Å². The summed E-state index contributed by atoms with van der Waals surface area (Å²) in [6, 6.07) is 0.